The van der Waals surface area contributed by atoms with E-state index in [9.17, 15) is 14.4 Å². The van der Waals surface area contributed by atoms with Crippen LogP contribution in [0.4, 0.5) is 0 Å². The van der Waals surface area contributed by atoms with Gasteiger partial charge in [-0.25, -0.2) is 9.97 Å². The largest absolute Gasteiger partial charge is 0.491 e. The molecule has 9 heteroatoms. The van der Waals surface area contributed by atoms with Gasteiger partial charge in [-0.2, -0.15) is 0 Å². The maximum Gasteiger partial charge on any atom is 0.255 e. The van der Waals surface area contributed by atoms with E-state index in [1.807, 2.05) is 49.9 Å². The topological polar surface area (TPSA) is 114 Å². The molecule has 2 aromatic carbocycles. The molecule has 0 aliphatic carbocycles. The number of carbonyl (C=O) groups excluding carboxylic acids is 3. The minimum atomic E-state index is -0.569. The monoisotopic (exact) mass is 543 g/mol. The number of para-hydroxylation sites is 1. The SMILES string of the molecule is Cc1nc2ccc(C(=O)N3CCC4(CCCCNC(=O)c5ccccc5OC[C@@H](C)NC4=O)CC3)cc2nc1C. The number of nitrogens with one attached hydrogen (secondary N) is 2. The van der Waals surface area contributed by atoms with E-state index in [0.717, 1.165) is 29.7 Å². The van der Waals surface area contributed by atoms with Crippen LogP contribution < -0.4 is 15.4 Å². The molecule has 9 nitrogen and oxygen atoms in total. The Bertz CT molecular complexity index is 1430. The van der Waals surface area contributed by atoms with Crippen LogP contribution in [-0.2, 0) is 4.79 Å². The van der Waals surface area contributed by atoms with Gasteiger partial charge in [-0.15, -0.1) is 0 Å². The number of benzene rings is 2. The quantitative estimate of drug-likeness (QED) is 0.480. The first-order valence-corrected chi connectivity index (χ1v) is 14.1. The molecule has 1 saturated heterocycles. The van der Waals surface area contributed by atoms with Crippen molar-refractivity contribution < 1.29 is 19.1 Å². The lowest BCUT2D eigenvalue weighted by atomic mass is 9.73. The van der Waals surface area contributed by atoms with Crippen LogP contribution in [0.5, 0.6) is 5.75 Å². The van der Waals surface area contributed by atoms with Crippen LogP contribution in [0.1, 0.15) is 71.1 Å². The molecule has 2 aliphatic heterocycles. The zero-order valence-electron chi connectivity index (χ0n) is 23.5. The molecule has 3 aromatic rings. The van der Waals surface area contributed by atoms with Crippen LogP contribution in [-0.4, -0.2) is 64.9 Å². The van der Waals surface area contributed by atoms with Gasteiger partial charge in [-0.05, 0) is 76.8 Å². The van der Waals surface area contributed by atoms with E-state index < -0.39 is 5.41 Å². The van der Waals surface area contributed by atoms with E-state index in [1.165, 1.54) is 0 Å². The average Bonchev–Trinajstić information content (AvgIpc) is 2.96. The lowest BCUT2D eigenvalue weighted by Crippen LogP contribution is -2.52. The molecule has 1 spiro atoms. The summed E-state index contributed by atoms with van der Waals surface area (Å²) in [6, 6.07) is 12.4. The molecule has 5 rings (SSSR count). The van der Waals surface area contributed by atoms with Gasteiger partial charge in [0, 0.05) is 25.2 Å². The minimum Gasteiger partial charge on any atom is -0.491 e. The maximum atomic E-state index is 13.7. The van der Waals surface area contributed by atoms with Crippen molar-refractivity contribution in [3.8, 4) is 5.75 Å². The predicted molar refractivity (Wildman–Crippen MR) is 152 cm³/mol. The molecule has 0 unspecified atom stereocenters. The molecule has 0 saturated carbocycles. The molecular weight excluding hydrogens is 506 g/mol. The first-order valence-electron chi connectivity index (χ1n) is 14.1. The maximum absolute atomic E-state index is 13.7. The minimum absolute atomic E-state index is 0.0110. The molecule has 3 heterocycles. The number of rotatable bonds is 1. The number of likely N-dealkylation sites (tertiary alicyclic amines) is 1. The molecule has 1 fully saturated rings. The fourth-order valence-electron chi connectivity index (χ4n) is 5.57. The number of hydrogen-bond acceptors (Lipinski definition) is 6. The Morgan fingerprint density at radius 3 is 2.48 bits per heavy atom. The predicted octanol–water partition coefficient (Wildman–Crippen LogP) is 3.97. The van der Waals surface area contributed by atoms with Gasteiger partial charge >= 0.3 is 0 Å². The fraction of sp³-hybridized carbons (Fsp3) is 0.452. The Balaban J connectivity index is 1.28. The number of aromatic nitrogens is 2. The number of ether oxygens (including phenoxy) is 1. The van der Waals surface area contributed by atoms with Crippen LogP contribution in [0.3, 0.4) is 0 Å². The van der Waals surface area contributed by atoms with E-state index in [4.69, 9.17) is 4.74 Å². The summed E-state index contributed by atoms with van der Waals surface area (Å²) in [4.78, 5) is 50.8. The summed E-state index contributed by atoms with van der Waals surface area (Å²) in [7, 11) is 0. The van der Waals surface area contributed by atoms with Crippen LogP contribution in [0.25, 0.3) is 11.0 Å². The Labute approximate surface area is 234 Å². The number of nitrogens with zero attached hydrogens (tertiary/aromatic N) is 3. The third-order valence-electron chi connectivity index (χ3n) is 8.18. The van der Waals surface area contributed by atoms with Gasteiger partial charge in [0.25, 0.3) is 11.8 Å². The van der Waals surface area contributed by atoms with Gasteiger partial charge in [0.05, 0.1) is 39.4 Å². The van der Waals surface area contributed by atoms with Gasteiger partial charge in [0.2, 0.25) is 5.91 Å². The number of piperidine rings is 1. The third kappa shape index (κ3) is 5.78. The van der Waals surface area contributed by atoms with Crippen molar-refractivity contribution in [3.05, 3.63) is 65.0 Å². The summed E-state index contributed by atoms with van der Waals surface area (Å²) in [5, 5.41) is 6.14. The highest BCUT2D eigenvalue weighted by Crippen LogP contribution is 2.38. The van der Waals surface area contributed by atoms with Gasteiger partial charge < -0.3 is 20.3 Å². The van der Waals surface area contributed by atoms with Crippen molar-refractivity contribution in [2.45, 2.75) is 58.9 Å². The number of amides is 3. The van der Waals surface area contributed by atoms with E-state index in [2.05, 4.69) is 20.6 Å². The van der Waals surface area contributed by atoms with Crippen molar-refractivity contribution in [3.63, 3.8) is 0 Å². The summed E-state index contributed by atoms with van der Waals surface area (Å²) in [5.74, 6) is 0.304. The first kappa shape index (κ1) is 27.6. The third-order valence-corrected chi connectivity index (χ3v) is 8.18. The van der Waals surface area contributed by atoms with E-state index in [0.29, 0.717) is 61.3 Å². The van der Waals surface area contributed by atoms with Gasteiger partial charge in [0.1, 0.15) is 12.4 Å². The lowest BCUT2D eigenvalue weighted by Gasteiger charge is -2.41. The van der Waals surface area contributed by atoms with Crippen molar-refractivity contribution in [2.75, 3.05) is 26.2 Å². The standard InChI is InChI=1S/C31H37N5O4/c1-20-19-40-27-9-5-4-8-24(27)28(37)32-15-7-6-12-31(30(39)33-20)13-16-36(17-14-31)29(38)23-10-11-25-26(18-23)35-22(3)21(2)34-25/h4-5,8-11,18,20H,6-7,12-17,19H2,1-3H3,(H,32,37)(H,33,39)/t20-/m1/s1. The summed E-state index contributed by atoms with van der Waals surface area (Å²) in [6.07, 6.45) is 3.43. The molecule has 1 atom stereocenters. The van der Waals surface area contributed by atoms with Crippen molar-refractivity contribution in [1.29, 1.82) is 0 Å². The van der Waals surface area contributed by atoms with Crippen LogP contribution in [0, 0.1) is 19.3 Å². The van der Waals surface area contributed by atoms with Gasteiger partial charge in [0.15, 0.2) is 0 Å². The zero-order valence-corrected chi connectivity index (χ0v) is 23.5. The Kier molecular flexibility index (Phi) is 8.00. The van der Waals surface area contributed by atoms with E-state index >= 15 is 0 Å². The second kappa shape index (κ2) is 11.6. The number of aryl methyl sites for hydroxylation is 2. The molecule has 40 heavy (non-hydrogen) atoms. The van der Waals surface area contributed by atoms with Crippen LogP contribution in [0.2, 0.25) is 0 Å². The van der Waals surface area contributed by atoms with Crippen LogP contribution >= 0.6 is 0 Å². The smallest absolute Gasteiger partial charge is 0.255 e. The number of hydrogen-bond donors (Lipinski definition) is 2. The molecular formula is C31H37N5O4. The summed E-state index contributed by atoms with van der Waals surface area (Å²) in [6.45, 7) is 7.52. The van der Waals surface area contributed by atoms with Gasteiger partial charge in [-0.1, -0.05) is 18.6 Å². The highest BCUT2D eigenvalue weighted by molar-refractivity contribution is 5.98. The summed E-state index contributed by atoms with van der Waals surface area (Å²) >= 11 is 0. The van der Waals surface area contributed by atoms with E-state index in [-0.39, 0.29) is 30.4 Å². The van der Waals surface area contributed by atoms with E-state index in [1.54, 1.807) is 18.2 Å². The second-order valence-electron chi connectivity index (χ2n) is 11.1. The van der Waals surface area contributed by atoms with Crippen molar-refractivity contribution >= 4 is 28.8 Å². The van der Waals surface area contributed by atoms with Gasteiger partial charge in [-0.3, -0.25) is 14.4 Å². The number of carbonyl (C=O) groups is 3. The molecule has 2 aliphatic rings. The highest BCUT2D eigenvalue weighted by atomic mass is 16.5. The Hall–Kier alpha value is -4.01. The fourth-order valence-corrected chi connectivity index (χ4v) is 5.57. The first-order chi connectivity index (χ1) is 19.3. The van der Waals surface area contributed by atoms with Crippen molar-refractivity contribution in [1.82, 2.24) is 25.5 Å². The molecule has 0 bridgehead atoms. The molecule has 0 radical (unpaired) electrons. The second-order valence-corrected chi connectivity index (χ2v) is 11.1. The Morgan fingerprint density at radius 2 is 1.70 bits per heavy atom. The molecule has 3 amide bonds. The highest BCUT2D eigenvalue weighted by Gasteiger charge is 2.42. The molecule has 210 valence electrons. The number of fused-ring (bicyclic) bond motifs is 2. The normalized spacial score (nSPS) is 20.2. The molecule has 1 aromatic heterocycles. The van der Waals surface area contributed by atoms with Crippen LogP contribution in [0.15, 0.2) is 42.5 Å². The Morgan fingerprint density at radius 1 is 0.975 bits per heavy atom. The summed E-state index contributed by atoms with van der Waals surface area (Å²) in [5.41, 5.74) is 3.71. The summed E-state index contributed by atoms with van der Waals surface area (Å²) < 4.78 is 5.94. The molecule has 2 N–H and O–H groups in total. The van der Waals surface area contributed by atoms with Crippen molar-refractivity contribution in [2.24, 2.45) is 5.41 Å². The lowest BCUT2D eigenvalue weighted by molar-refractivity contribution is -0.135. The average molecular weight is 544 g/mol. The zero-order chi connectivity index (χ0) is 28.3.